The van der Waals surface area contributed by atoms with Crippen LogP contribution in [0.4, 0.5) is 0 Å². The first-order valence-electron chi connectivity index (χ1n) is 4.86. The van der Waals surface area contributed by atoms with Crippen molar-refractivity contribution in [2.24, 2.45) is 11.1 Å². The maximum atomic E-state index is 5.77. The highest BCUT2D eigenvalue weighted by molar-refractivity contribution is 8.00. The highest BCUT2D eigenvalue weighted by atomic mass is 32.2. The molecule has 0 bridgehead atoms. The van der Waals surface area contributed by atoms with Gasteiger partial charge in [0.25, 0.3) is 0 Å². The van der Waals surface area contributed by atoms with Crippen molar-refractivity contribution in [3.63, 3.8) is 0 Å². The van der Waals surface area contributed by atoms with Crippen LogP contribution in [-0.4, -0.2) is 11.8 Å². The average Bonchev–Trinajstić information content (AvgIpc) is 2.45. The quantitative estimate of drug-likeness (QED) is 0.784. The second kappa shape index (κ2) is 4.41. The monoisotopic (exact) mass is 213 g/mol. The number of furan rings is 1. The van der Waals surface area contributed by atoms with Crippen LogP contribution in [0.3, 0.4) is 0 Å². The largest absolute Gasteiger partial charge is 0.468 e. The van der Waals surface area contributed by atoms with Crippen molar-refractivity contribution in [3.8, 4) is 0 Å². The predicted octanol–water partition coefficient (Wildman–Crippen LogP) is 3.05. The molecule has 1 rings (SSSR count). The highest BCUT2D eigenvalue weighted by Gasteiger charge is 2.25. The highest BCUT2D eigenvalue weighted by Crippen LogP contribution is 2.36. The molecule has 0 aliphatic heterocycles. The van der Waals surface area contributed by atoms with E-state index in [2.05, 4.69) is 20.8 Å². The number of aryl methyl sites for hydroxylation is 1. The Hall–Kier alpha value is -0.410. The fourth-order valence-corrected chi connectivity index (χ4v) is 2.33. The molecule has 0 aromatic carbocycles. The Labute approximate surface area is 90.2 Å². The maximum absolute atomic E-state index is 5.77. The summed E-state index contributed by atoms with van der Waals surface area (Å²) in [6, 6.07) is 2.01. The molecule has 0 saturated carbocycles. The molecule has 0 amide bonds. The summed E-state index contributed by atoms with van der Waals surface area (Å²) < 4.78 is 5.26. The minimum absolute atomic E-state index is 0.225. The van der Waals surface area contributed by atoms with Crippen LogP contribution in [0.25, 0.3) is 0 Å². The minimum atomic E-state index is 0.225. The van der Waals surface area contributed by atoms with Gasteiger partial charge in [0.15, 0.2) is 0 Å². The second-order valence-corrected chi connectivity index (χ2v) is 5.79. The van der Waals surface area contributed by atoms with Crippen molar-refractivity contribution in [2.45, 2.75) is 37.8 Å². The van der Waals surface area contributed by atoms with E-state index < -0.39 is 0 Å². The van der Waals surface area contributed by atoms with Crippen molar-refractivity contribution in [1.29, 1.82) is 0 Å². The van der Waals surface area contributed by atoms with E-state index in [0.29, 0.717) is 11.8 Å². The summed E-state index contributed by atoms with van der Waals surface area (Å²) in [4.78, 5) is 1.20. The lowest BCUT2D eigenvalue weighted by molar-refractivity contribution is 0.398. The number of hydrogen-bond acceptors (Lipinski definition) is 3. The zero-order chi connectivity index (χ0) is 10.8. The molecule has 1 unspecified atom stereocenters. The fourth-order valence-electron chi connectivity index (χ4n) is 1.23. The lowest BCUT2D eigenvalue weighted by Crippen LogP contribution is -2.30. The Bertz CT molecular complexity index is 288. The molecular weight excluding hydrogens is 194 g/mol. The van der Waals surface area contributed by atoms with E-state index in [9.17, 15) is 0 Å². The summed E-state index contributed by atoms with van der Waals surface area (Å²) in [5.41, 5.74) is 6.00. The minimum Gasteiger partial charge on any atom is -0.468 e. The molecule has 2 N–H and O–H groups in total. The molecule has 3 heteroatoms. The van der Waals surface area contributed by atoms with Gasteiger partial charge in [-0.2, -0.15) is 0 Å². The molecule has 1 heterocycles. The first-order valence-corrected chi connectivity index (χ1v) is 5.74. The predicted molar refractivity (Wildman–Crippen MR) is 61.6 cm³/mol. The number of nitrogens with two attached hydrogens (primary N) is 1. The average molecular weight is 213 g/mol. The first-order chi connectivity index (χ1) is 6.45. The molecule has 0 aliphatic rings. The SMILES string of the molecule is Cc1occc1SC(CN)C(C)(C)C. The van der Waals surface area contributed by atoms with Gasteiger partial charge in [0.1, 0.15) is 5.76 Å². The van der Waals surface area contributed by atoms with Crippen molar-refractivity contribution >= 4 is 11.8 Å². The van der Waals surface area contributed by atoms with Gasteiger partial charge in [0.2, 0.25) is 0 Å². The van der Waals surface area contributed by atoms with Gasteiger partial charge >= 0.3 is 0 Å². The fraction of sp³-hybridized carbons (Fsp3) is 0.636. The van der Waals surface area contributed by atoms with Crippen LogP contribution in [0.5, 0.6) is 0 Å². The van der Waals surface area contributed by atoms with Gasteiger partial charge in [-0.3, -0.25) is 0 Å². The van der Waals surface area contributed by atoms with Gasteiger partial charge < -0.3 is 10.2 Å². The van der Waals surface area contributed by atoms with E-state index in [4.69, 9.17) is 10.2 Å². The first kappa shape index (κ1) is 11.7. The summed E-state index contributed by atoms with van der Waals surface area (Å²) >= 11 is 1.81. The molecule has 80 valence electrons. The number of rotatable bonds is 3. The zero-order valence-corrected chi connectivity index (χ0v) is 10.1. The molecule has 2 nitrogen and oxygen atoms in total. The second-order valence-electron chi connectivity index (χ2n) is 4.55. The molecule has 0 aliphatic carbocycles. The lowest BCUT2D eigenvalue weighted by atomic mass is 9.92. The molecule has 0 radical (unpaired) electrons. The van der Waals surface area contributed by atoms with Crippen LogP contribution in [0, 0.1) is 12.3 Å². The Balaban J connectivity index is 2.71. The van der Waals surface area contributed by atoms with Crippen LogP contribution in [0.2, 0.25) is 0 Å². The zero-order valence-electron chi connectivity index (χ0n) is 9.33. The number of hydrogen-bond donors (Lipinski definition) is 1. The van der Waals surface area contributed by atoms with Crippen molar-refractivity contribution in [1.82, 2.24) is 0 Å². The topological polar surface area (TPSA) is 39.2 Å². The van der Waals surface area contributed by atoms with Crippen molar-refractivity contribution in [3.05, 3.63) is 18.1 Å². The Morgan fingerprint density at radius 2 is 2.14 bits per heavy atom. The summed E-state index contributed by atoms with van der Waals surface area (Å²) in [6.07, 6.45) is 1.73. The third-order valence-electron chi connectivity index (χ3n) is 2.26. The van der Waals surface area contributed by atoms with E-state index in [1.165, 1.54) is 4.90 Å². The van der Waals surface area contributed by atoms with Gasteiger partial charge in [0, 0.05) is 16.7 Å². The van der Waals surface area contributed by atoms with Crippen LogP contribution in [-0.2, 0) is 0 Å². The van der Waals surface area contributed by atoms with E-state index in [-0.39, 0.29) is 5.41 Å². The van der Waals surface area contributed by atoms with Crippen LogP contribution in [0.1, 0.15) is 26.5 Å². The van der Waals surface area contributed by atoms with Crippen LogP contribution < -0.4 is 5.73 Å². The van der Waals surface area contributed by atoms with Crippen LogP contribution in [0.15, 0.2) is 21.6 Å². The molecule has 0 spiro atoms. The lowest BCUT2D eigenvalue weighted by Gasteiger charge is -2.28. The van der Waals surface area contributed by atoms with Crippen LogP contribution >= 0.6 is 11.8 Å². The summed E-state index contributed by atoms with van der Waals surface area (Å²) in [7, 11) is 0. The van der Waals surface area contributed by atoms with E-state index in [1.807, 2.05) is 24.8 Å². The molecule has 1 aromatic rings. The maximum Gasteiger partial charge on any atom is 0.114 e. The third kappa shape index (κ3) is 2.79. The van der Waals surface area contributed by atoms with Gasteiger partial charge in [-0.25, -0.2) is 0 Å². The van der Waals surface area contributed by atoms with Gasteiger partial charge in [-0.05, 0) is 18.4 Å². The van der Waals surface area contributed by atoms with Gasteiger partial charge in [-0.1, -0.05) is 20.8 Å². The van der Waals surface area contributed by atoms with E-state index in [0.717, 1.165) is 5.76 Å². The molecule has 1 aromatic heterocycles. The molecule has 0 saturated heterocycles. The van der Waals surface area contributed by atoms with E-state index >= 15 is 0 Å². The van der Waals surface area contributed by atoms with Crippen molar-refractivity contribution < 1.29 is 4.42 Å². The Morgan fingerprint density at radius 1 is 1.50 bits per heavy atom. The molecule has 14 heavy (non-hydrogen) atoms. The Kier molecular flexibility index (Phi) is 3.67. The summed E-state index contributed by atoms with van der Waals surface area (Å²) in [5, 5.41) is 0.429. The normalized spacial score (nSPS) is 14.4. The molecular formula is C11H19NOS. The number of thioether (sulfide) groups is 1. The Morgan fingerprint density at radius 3 is 2.50 bits per heavy atom. The molecule has 0 fully saturated rings. The standard InChI is InChI=1S/C11H19NOS/c1-8-9(5-6-13-8)14-10(7-12)11(2,3)4/h5-6,10H,7,12H2,1-4H3. The van der Waals surface area contributed by atoms with E-state index in [1.54, 1.807) is 6.26 Å². The summed E-state index contributed by atoms with van der Waals surface area (Å²) in [6.45, 7) is 9.32. The van der Waals surface area contributed by atoms with Gasteiger partial charge in [-0.15, -0.1) is 11.8 Å². The van der Waals surface area contributed by atoms with Crippen molar-refractivity contribution in [2.75, 3.05) is 6.54 Å². The van der Waals surface area contributed by atoms with Gasteiger partial charge in [0.05, 0.1) is 6.26 Å². The third-order valence-corrected chi connectivity index (χ3v) is 4.12. The molecule has 1 atom stereocenters. The summed E-state index contributed by atoms with van der Waals surface area (Å²) in [5.74, 6) is 0.984. The smallest absolute Gasteiger partial charge is 0.114 e.